The Morgan fingerprint density at radius 3 is 2.33 bits per heavy atom. The number of hydrogen-bond acceptors (Lipinski definition) is 9. The molecule has 378 valence electrons. The summed E-state index contributed by atoms with van der Waals surface area (Å²) in [5.74, 6) is -2.46. The summed E-state index contributed by atoms with van der Waals surface area (Å²) in [6.07, 6.45) is 5.13. The number of alkyl halides is 1. The van der Waals surface area contributed by atoms with Gasteiger partial charge in [0.1, 0.15) is 35.1 Å². The highest BCUT2D eigenvalue weighted by molar-refractivity contribution is 7.13. The lowest BCUT2D eigenvalue weighted by atomic mass is 9.85. The zero-order valence-electron chi connectivity index (χ0n) is 41.6. The molecule has 3 amide bonds. The maximum Gasteiger partial charge on any atom is 0.246 e. The predicted octanol–water partition coefficient (Wildman–Crippen LogP) is 9.08. The lowest BCUT2D eigenvalue weighted by Gasteiger charge is -2.43. The standard InChI is InChI=1S/C54H70F3N7O5S/c1-33-24-40-39-16-12-13-17-43(39)61-47(40)48(64(33)31-54(6,7)57)46-41(55)26-38(27-42(46)56)69-23-15-11-9-8-10-14-22-58-29-45(66)62-50(53(3,4)5)52(68)63-30-37(65)25-44(63)51(67)59-28-35-18-20-36(21-19-35)49-34(2)60-32-70-49/h12-13,16-21,26-27,32-33,37,44,48,50,58,61,65H,8-11,14-15,22-25,28-31H2,1-7H3,(H,59,67)(H,62,66)/t33-,37-,44+,48-,50-/m1/s1. The van der Waals surface area contributed by atoms with Gasteiger partial charge in [-0.1, -0.05) is 88.9 Å². The molecule has 0 radical (unpaired) electrons. The minimum absolute atomic E-state index is 0.00236. The van der Waals surface area contributed by atoms with Crippen LogP contribution in [-0.2, 0) is 27.3 Å². The second-order valence-corrected chi connectivity index (χ2v) is 21.7. The van der Waals surface area contributed by atoms with E-state index in [2.05, 4.69) is 25.9 Å². The largest absolute Gasteiger partial charge is 0.493 e. The van der Waals surface area contributed by atoms with E-state index in [9.17, 15) is 19.5 Å². The van der Waals surface area contributed by atoms with Gasteiger partial charge in [-0.05, 0) is 81.7 Å². The number of thiazole rings is 1. The summed E-state index contributed by atoms with van der Waals surface area (Å²) in [5.41, 5.74) is 4.90. The summed E-state index contributed by atoms with van der Waals surface area (Å²) in [6, 6.07) is 15.4. The number of rotatable bonds is 21. The number of H-pyrrole nitrogens is 1. The molecule has 0 aliphatic carbocycles. The summed E-state index contributed by atoms with van der Waals surface area (Å²) in [5, 5.41) is 20.6. The van der Waals surface area contributed by atoms with Gasteiger partial charge in [-0.3, -0.25) is 19.3 Å². The lowest BCUT2D eigenvalue weighted by Crippen LogP contribution is -2.58. The first-order chi connectivity index (χ1) is 33.3. The number of β-amino-alcohol motifs (C(OH)–C–C–N with tert-alkyl or cyclic N) is 1. The van der Waals surface area contributed by atoms with Crippen LogP contribution in [-0.4, -0.2) is 105 Å². The predicted molar refractivity (Wildman–Crippen MR) is 269 cm³/mol. The van der Waals surface area contributed by atoms with Crippen LogP contribution >= 0.6 is 11.3 Å². The number of carbonyl (C=O) groups excluding carboxylic acids is 3. The number of carbonyl (C=O) groups is 3. The highest BCUT2D eigenvalue weighted by Gasteiger charge is 2.45. The number of aromatic amines is 1. The molecule has 16 heteroatoms. The number of likely N-dealkylation sites (tertiary alicyclic amines) is 1. The number of amides is 3. The Morgan fingerprint density at radius 2 is 1.66 bits per heavy atom. The van der Waals surface area contributed by atoms with Crippen molar-refractivity contribution in [1.29, 1.82) is 0 Å². The topological polar surface area (TPSA) is 152 Å². The van der Waals surface area contributed by atoms with Gasteiger partial charge in [-0.15, -0.1) is 11.3 Å². The molecule has 3 aromatic carbocycles. The number of aryl methyl sites for hydroxylation is 1. The Labute approximate surface area is 414 Å². The minimum atomic E-state index is -1.59. The number of aliphatic hydroxyl groups excluding tert-OH is 1. The molecule has 0 unspecified atom stereocenters. The highest BCUT2D eigenvalue weighted by atomic mass is 32.1. The Kier molecular flexibility index (Phi) is 17.1. The van der Waals surface area contributed by atoms with E-state index in [-0.39, 0.29) is 61.8 Å². The average Bonchev–Trinajstić information content (AvgIpc) is 4.02. The average molecular weight is 986 g/mol. The molecule has 5 atom stereocenters. The monoisotopic (exact) mass is 986 g/mol. The number of nitrogens with zero attached hydrogens (tertiary/aromatic N) is 3. The van der Waals surface area contributed by atoms with E-state index in [1.54, 1.807) is 11.3 Å². The van der Waals surface area contributed by atoms with Gasteiger partial charge in [0, 0.05) is 66.4 Å². The van der Waals surface area contributed by atoms with Gasteiger partial charge in [0.15, 0.2) is 0 Å². The Balaban J connectivity index is 0.808. The fraction of sp³-hybridized carbons (Fsp3) is 0.519. The van der Waals surface area contributed by atoms with E-state index in [0.717, 1.165) is 70.3 Å². The molecule has 0 bridgehead atoms. The number of aromatic nitrogens is 2. The van der Waals surface area contributed by atoms with Gasteiger partial charge in [-0.2, -0.15) is 0 Å². The molecule has 1 fully saturated rings. The van der Waals surface area contributed by atoms with Crippen LogP contribution in [0.3, 0.4) is 0 Å². The lowest BCUT2D eigenvalue weighted by molar-refractivity contribution is -0.144. The normalized spacial score (nSPS) is 19.0. The van der Waals surface area contributed by atoms with Crippen LogP contribution in [0.1, 0.15) is 121 Å². The quantitative estimate of drug-likeness (QED) is 0.0457. The molecule has 12 nitrogen and oxygen atoms in total. The van der Waals surface area contributed by atoms with Crippen LogP contribution in [0.25, 0.3) is 21.3 Å². The maximum atomic E-state index is 16.1. The number of unbranched alkanes of at least 4 members (excludes halogenated alkanes) is 5. The summed E-state index contributed by atoms with van der Waals surface area (Å²) < 4.78 is 53.1. The molecule has 4 heterocycles. The molecule has 5 aromatic rings. The van der Waals surface area contributed by atoms with Crippen LogP contribution in [0.5, 0.6) is 5.75 Å². The van der Waals surface area contributed by atoms with Crippen LogP contribution in [0, 0.1) is 24.0 Å². The Morgan fingerprint density at radius 1 is 0.971 bits per heavy atom. The molecular formula is C54H70F3N7O5S. The van der Waals surface area contributed by atoms with Crippen molar-refractivity contribution in [3.8, 4) is 16.2 Å². The van der Waals surface area contributed by atoms with Crippen molar-refractivity contribution >= 4 is 40.0 Å². The van der Waals surface area contributed by atoms with Crippen molar-refractivity contribution in [1.82, 2.24) is 35.7 Å². The van der Waals surface area contributed by atoms with Crippen molar-refractivity contribution in [3.63, 3.8) is 0 Å². The molecule has 70 heavy (non-hydrogen) atoms. The van der Waals surface area contributed by atoms with Crippen molar-refractivity contribution < 1.29 is 37.4 Å². The third kappa shape index (κ3) is 13.0. The third-order valence-electron chi connectivity index (χ3n) is 13.4. The molecule has 1 saturated heterocycles. The fourth-order valence-electron chi connectivity index (χ4n) is 9.85. The Hall–Kier alpha value is -5.29. The van der Waals surface area contributed by atoms with Crippen molar-refractivity contribution in [2.24, 2.45) is 5.41 Å². The molecule has 0 spiro atoms. The van der Waals surface area contributed by atoms with Crippen molar-refractivity contribution in [3.05, 3.63) is 106 Å². The number of halogens is 3. The van der Waals surface area contributed by atoms with E-state index in [4.69, 9.17) is 4.74 Å². The summed E-state index contributed by atoms with van der Waals surface area (Å²) in [6.45, 7) is 13.7. The van der Waals surface area contributed by atoms with Crippen LogP contribution in [0.4, 0.5) is 13.2 Å². The fourth-order valence-corrected chi connectivity index (χ4v) is 10.7. The number of ether oxygens (including phenoxy) is 1. The van der Waals surface area contributed by atoms with E-state index in [1.165, 1.54) is 30.9 Å². The molecular weight excluding hydrogens is 916 g/mol. The maximum absolute atomic E-state index is 16.1. The zero-order valence-corrected chi connectivity index (χ0v) is 42.4. The molecule has 5 N–H and O–H groups in total. The van der Waals surface area contributed by atoms with E-state index >= 15 is 13.2 Å². The summed E-state index contributed by atoms with van der Waals surface area (Å²) in [7, 11) is 0. The number of nitrogens with one attached hydrogen (secondary N) is 4. The minimum Gasteiger partial charge on any atom is -0.493 e. The summed E-state index contributed by atoms with van der Waals surface area (Å²) >= 11 is 1.57. The van der Waals surface area contributed by atoms with Gasteiger partial charge >= 0.3 is 0 Å². The number of benzene rings is 3. The molecule has 2 aliphatic rings. The number of para-hydroxylation sites is 1. The molecule has 2 aliphatic heterocycles. The zero-order chi connectivity index (χ0) is 50.3. The van der Waals surface area contributed by atoms with Gasteiger partial charge in [0.2, 0.25) is 17.7 Å². The Bertz CT molecular complexity index is 2570. The van der Waals surface area contributed by atoms with Crippen LogP contribution < -0.4 is 20.7 Å². The first-order valence-corrected chi connectivity index (χ1v) is 25.6. The third-order valence-corrected chi connectivity index (χ3v) is 14.4. The van der Waals surface area contributed by atoms with Crippen LogP contribution in [0.2, 0.25) is 0 Å². The SMILES string of the molecule is Cc1ncsc1-c1ccc(CNC(=O)[C@@H]2C[C@@H](O)CN2C(=O)[C@@H](NC(=O)CNCCCCCCCCOc2cc(F)c([C@@H]3c4[nH]c5ccccc5c4C[C@@H](C)N3CC(C)(C)F)c(F)c2)C(C)(C)C)cc1. The summed E-state index contributed by atoms with van der Waals surface area (Å²) in [4.78, 5) is 52.7. The second-order valence-electron chi connectivity index (χ2n) is 20.8. The number of aliphatic hydroxyl groups is 1. The second kappa shape index (κ2) is 22.9. The van der Waals surface area contributed by atoms with Crippen LogP contribution in [0.15, 0.2) is 66.2 Å². The van der Waals surface area contributed by atoms with Gasteiger partial charge in [-0.25, -0.2) is 18.2 Å². The van der Waals surface area contributed by atoms with E-state index in [1.807, 2.05) is 93.6 Å². The van der Waals surface area contributed by atoms with E-state index in [0.29, 0.717) is 31.7 Å². The first-order valence-electron chi connectivity index (χ1n) is 24.7. The van der Waals surface area contributed by atoms with Gasteiger partial charge < -0.3 is 35.7 Å². The highest BCUT2D eigenvalue weighted by Crippen LogP contribution is 2.44. The van der Waals surface area contributed by atoms with Gasteiger partial charge in [0.05, 0.1) is 41.4 Å². The molecule has 0 saturated carbocycles. The van der Waals surface area contributed by atoms with Crippen molar-refractivity contribution in [2.45, 2.75) is 142 Å². The number of hydrogen-bond donors (Lipinski definition) is 5. The van der Waals surface area contributed by atoms with Crippen molar-refractivity contribution in [2.75, 3.05) is 32.8 Å². The first kappa shape index (κ1) is 52.5. The number of fused-ring (bicyclic) bond motifs is 3. The van der Waals surface area contributed by atoms with Gasteiger partial charge in [0.25, 0.3) is 0 Å². The van der Waals surface area contributed by atoms with E-state index < -0.39 is 52.9 Å². The molecule has 2 aromatic heterocycles. The molecule has 7 rings (SSSR count). The smallest absolute Gasteiger partial charge is 0.246 e.